The van der Waals surface area contributed by atoms with Crippen molar-refractivity contribution in [2.24, 2.45) is 0 Å². The van der Waals surface area contributed by atoms with E-state index in [1.807, 2.05) is 13.8 Å². The first-order valence-corrected chi connectivity index (χ1v) is 12.8. The Morgan fingerprint density at radius 1 is 1.22 bits per heavy atom. The largest absolute Gasteiger partial charge is 0.508 e. The number of phenolic OH excluding ortho intramolecular Hbond substituents is 1. The molecule has 4 rings (SSSR count). The quantitative estimate of drug-likeness (QED) is 0.362. The lowest BCUT2D eigenvalue weighted by molar-refractivity contribution is -0.139. The number of nitrogens with one attached hydrogen (secondary N) is 1. The zero-order chi connectivity index (χ0) is 26.5. The van der Waals surface area contributed by atoms with E-state index in [0.717, 1.165) is 42.5 Å². The third kappa shape index (κ3) is 5.76. The van der Waals surface area contributed by atoms with Crippen LogP contribution < -0.4 is 5.32 Å². The average Bonchev–Trinajstić information content (AvgIpc) is 3.23. The second-order valence-electron chi connectivity index (χ2n) is 9.58. The fourth-order valence-electron chi connectivity index (χ4n) is 5.02. The van der Waals surface area contributed by atoms with Gasteiger partial charge in [0.1, 0.15) is 17.4 Å². The second kappa shape index (κ2) is 11.5. The summed E-state index contributed by atoms with van der Waals surface area (Å²) in [6.45, 7) is 6.22. The fourth-order valence-corrected chi connectivity index (χ4v) is 5.02. The molecular weight excluding hydrogens is 472 g/mol. The van der Waals surface area contributed by atoms with E-state index in [1.54, 1.807) is 36.0 Å². The molecule has 2 aromatic heterocycles. The van der Waals surface area contributed by atoms with Crippen LogP contribution >= 0.6 is 0 Å². The van der Waals surface area contributed by atoms with Gasteiger partial charge in [0.15, 0.2) is 5.65 Å². The molecule has 0 aliphatic heterocycles. The van der Waals surface area contributed by atoms with Crippen LogP contribution in [0.5, 0.6) is 5.75 Å². The highest BCUT2D eigenvalue weighted by Crippen LogP contribution is 2.37. The summed E-state index contributed by atoms with van der Waals surface area (Å²) < 4.78 is 7.31. The lowest BCUT2D eigenvalue weighted by atomic mass is 9.84. The van der Waals surface area contributed by atoms with Gasteiger partial charge in [0.2, 0.25) is 0 Å². The molecule has 9 nitrogen and oxygen atoms in total. The summed E-state index contributed by atoms with van der Waals surface area (Å²) in [5, 5.41) is 26.7. The highest BCUT2D eigenvalue weighted by Gasteiger charge is 2.29. The summed E-state index contributed by atoms with van der Waals surface area (Å²) in [6, 6.07) is 5.09. The molecule has 1 atom stereocenters. The van der Waals surface area contributed by atoms with Crippen molar-refractivity contribution in [2.45, 2.75) is 71.3 Å². The van der Waals surface area contributed by atoms with Crippen LogP contribution in [-0.4, -0.2) is 49.3 Å². The molecule has 196 valence electrons. The monoisotopic (exact) mass is 506 g/mol. The number of carbonyl (C=O) groups is 2. The molecule has 3 N–H and O–H groups in total. The van der Waals surface area contributed by atoms with Crippen LogP contribution in [0.3, 0.4) is 0 Å². The topological polar surface area (TPSA) is 126 Å². The lowest BCUT2D eigenvalue weighted by Crippen LogP contribution is -2.42. The number of benzene rings is 1. The number of carboxylic acid groups (broad SMARTS) is 1. The Labute approximate surface area is 216 Å². The van der Waals surface area contributed by atoms with E-state index in [0.29, 0.717) is 23.5 Å². The molecule has 0 saturated heterocycles. The van der Waals surface area contributed by atoms with Crippen molar-refractivity contribution >= 4 is 23.1 Å². The van der Waals surface area contributed by atoms with E-state index in [1.165, 1.54) is 18.6 Å². The molecule has 0 unspecified atom stereocenters. The molecule has 1 aliphatic rings. The Bertz CT molecular complexity index is 1310. The van der Waals surface area contributed by atoms with Gasteiger partial charge in [-0.25, -0.2) is 14.3 Å². The average molecular weight is 507 g/mol. The number of aromatic hydroxyl groups is 1. The molecule has 0 spiro atoms. The highest BCUT2D eigenvalue weighted by atomic mass is 16.5. The summed E-state index contributed by atoms with van der Waals surface area (Å²) in [6.07, 6.45) is 9.11. The van der Waals surface area contributed by atoms with Crippen molar-refractivity contribution in [3.05, 3.63) is 64.8 Å². The van der Waals surface area contributed by atoms with Gasteiger partial charge < -0.3 is 20.3 Å². The third-order valence-corrected chi connectivity index (χ3v) is 6.91. The summed E-state index contributed by atoms with van der Waals surface area (Å²) in [7, 11) is 0. The minimum Gasteiger partial charge on any atom is -0.508 e. The number of nitrogens with zero attached hydrogens (tertiary/aromatic N) is 3. The molecule has 9 heteroatoms. The Morgan fingerprint density at radius 2 is 1.92 bits per heavy atom. The van der Waals surface area contributed by atoms with Crippen molar-refractivity contribution < 1.29 is 24.5 Å². The minimum atomic E-state index is -1.15. The van der Waals surface area contributed by atoms with Crippen molar-refractivity contribution in [2.75, 3.05) is 6.61 Å². The third-order valence-electron chi connectivity index (χ3n) is 6.91. The van der Waals surface area contributed by atoms with Gasteiger partial charge in [-0.05, 0) is 56.9 Å². The smallest absolute Gasteiger partial charge is 0.326 e. The molecule has 1 aromatic carbocycles. The van der Waals surface area contributed by atoms with E-state index >= 15 is 0 Å². The van der Waals surface area contributed by atoms with Gasteiger partial charge in [0, 0.05) is 24.1 Å². The molecule has 0 bridgehead atoms. The SMILES string of the molecule is CCO/C=C(\C)c1cnc2c(C(=O)N[C@@H](Cc3ccc(O)cc3)C(=O)O)c(C)nn2c1C1CCCCC1. The number of aryl methyl sites for hydroxylation is 1. The fraction of sp³-hybridized carbons (Fsp3) is 0.429. The van der Waals surface area contributed by atoms with Crippen molar-refractivity contribution in [1.82, 2.24) is 19.9 Å². The van der Waals surface area contributed by atoms with Crippen molar-refractivity contribution in [3.8, 4) is 5.75 Å². The van der Waals surface area contributed by atoms with Gasteiger partial charge in [-0.15, -0.1) is 0 Å². The van der Waals surface area contributed by atoms with Gasteiger partial charge in [0.05, 0.1) is 24.3 Å². The maximum atomic E-state index is 13.4. The predicted octanol–water partition coefficient (Wildman–Crippen LogP) is 4.61. The Balaban J connectivity index is 1.72. The molecule has 1 saturated carbocycles. The first-order chi connectivity index (χ1) is 17.8. The molecule has 37 heavy (non-hydrogen) atoms. The number of hydrogen-bond acceptors (Lipinski definition) is 6. The highest BCUT2D eigenvalue weighted by molar-refractivity contribution is 6.02. The molecule has 1 fully saturated rings. The molecule has 1 aliphatic carbocycles. The zero-order valence-corrected chi connectivity index (χ0v) is 21.5. The number of carbonyl (C=O) groups excluding carboxylic acids is 1. The summed E-state index contributed by atoms with van der Waals surface area (Å²) in [4.78, 5) is 30.0. The standard InChI is InChI=1S/C28H34N4O5/c1-4-37-16-17(2)22-15-29-26-24(18(3)31-32(26)25(22)20-8-6-5-7-9-20)27(34)30-23(28(35)36)14-19-10-12-21(33)13-11-19/h10-13,15-16,20,23,33H,4-9,14H2,1-3H3,(H,30,34)(H,35,36)/b17-16+/t23-/m0/s1. The molecule has 1 amide bonds. The van der Waals surface area contributed by atoms with Gasteiger partial charge in [-0.3, -0.25) is 4.79 Å². The number of aromatic nitrogens is 3. The number of rotatable bonds is 9. The Morgan fingerprint density at radius 3 is 2.57 bits per heavy atom. The van der Waals surface area contributed by atoms with E-state index in [2.05, 4.69) is 10.3 Å². The van der Waals surface area contributed by atoms with Crippen molar-refractivity contribution in [3.63, 3.8) is 0 Å². The second-order valence-corrected chi connectivity index (χ2v) is 9.58. The number of carboxylic acids is 1. The number of fused-ring (bicyclic) bond motifs is 1. The lowest BCUT2D eigenvalue weighted by Gasteiger charge is -2.25. The van der Waals surface area contributed by atoms with E-state index < -0.39 is 17.9 Å². The van der Waals surface area contributed by atoms with Crippen LogP contribution in [0.25, 0.3) is 11.2 Å². The predicted molar refractivity (Wildman–Crippen MR) is 140 cm³/mol. The van der Waals surface area contributed by atoms with Crippen LogP contribution in [0.2, 0.25) is 0 Å². The van der Waals surface area contributed by atoms with Crippen LogP contribution in [-0.2, 0) is 16.0 Å². The Hall–Kier alpha value is -3.88. The maximum absolute atomic E-state index is 13.4. The molecule has 0 radical (unpaired) electrons. The normalized spacial score (nSPS) is 15.5. The van der Waals surface area contributed by atoms with Crippen LogP contribution in [0.4, 0.5) is 0 Å². The molecule has 3 aromatic rings. The molecular formula is C28H34N4O5. The van der Waals surface area contributed by atoms with E-state index in [4.69, 9.17) is 9.84 Å². The van der Waals surface area contributed by atoms with E-state index in [9.17, 15) is 19.8 Å². The number of aliphatic carboxylic acids is 1. The van der Waals surface area contributed by atoms with Crippen molar-refractivity contribution in [1.29, 1.82) is 0 Å². The maximum Gasteiger partial charge on any atom is 0.326 e. The minimum absolute atomic E-state index is 0.0753. The number of allylic oxidation sites excluding steroid dienone is 1. The first-order valence-electron chi connectivity index (χ1n) is 12.8. The van der Waals surface area contributed by atoms with Gasteiger partial charge in [-0.2, -0.15) is 5.10 Å². The van der Waals surface area contributed by atoms with Crippen LogP contribution in [0.1, 0.15) is 84.7 Å². The zero-order valence-electron chi connectivity index (χ0n) is 21.5. The summed E-state index contributed by atoms with van der Waals surface area (Å²) in [5.41, 5.74) is 4.75. The summed E-state index contributed by atoms with van der Waals surface area (Å²) >= 11 is 0. The first kappa shape index (κ1) is 26.2. The van der Waals surface area contributed by atoms with E-state index in [-0.39, 0.29) is 23.7 Å². The number of ether oxygens (including phenoxy) is 1. The van der Waals surface area contributed by atoms with Crippen LogP contribution in [0.15, 0.2) is 36.7 Å². The number of phenols is 1. The van der Waals surface area contributed by atoms with Gasteiger partial charge in [0.25, 0.3) is 5.91 Å². The van der Waals surface area contributed by atoms with Gasteiger partial charge in [-0.1, -0.05) is 31.4 Å². The van der Waals surface area contributed by atoms with Gasteiger partial charge >= 0.3 is 5.97 Å². The Kier molecular flexibility index (Phi) is 8.11. The number of amides is 1. The van der Waals surface area contributed by atoms with Crippen LogP contribution in [0, 0.1) is 6.92 Å². The number of hydrogen-bond donors (Lipinski definition) is 3. The molecule has 2 heterocycles. The summed E-state index contributed by atoms with van der Waals surface area (Å²) in [5.74, 6) is -1.32.